The van der Waals surface area contributed by atoms with Crippen molar-refractivity contribution >= 4 is 28.6 Å². The minimum atomic E-state index is -0.0881. The average Bonchev–Trinajstić information content (AvgIpc) is 3.33. The van der Waals surface area contributed by atoms with Crippen LogP contribution in [0, 0.1) is 6.92 Å². The van der Waals surface area contributed by atoms with Crippen molar-refractivity contribution in [3.05, 3.63) is 107 Å². The SMILES string of the molecule is C=CCN(Cc1ccccc1Cl)C(=O)c1cc2occc2n1Cc1ccccc1C. The maximum atomic E-state index is 13.6. The number of fused-ring (bicyclic) bond motifs is 1. The fourth-order valence-corrected chi connectivity index (χ4v) is 3.85. The molecule has 4 aromatic rings. The summed E-state index contributed by atoms with van der Waals surface area (Å²) in [6, 6.07) is 19.5. The molecule has 0 unspecified atom stereocenters. The van der Waals surface area contributed by atoms with Gasteiger partial charge in [-0.25, -0.2) is 0 Å². The van der Waals surface area contributed by atoms with Gasteiger partial charge >= 0.3 is 0 Å². The maximum Gasteiger partial charge on any atom is 0.271 e. The number of halogens is 1. The molecule has 0 bridgehead atoms. The number of hydrogen-bond acceptors (Lipinski definition) is 2. The van der Waals surface area contributed by atoms with E-state index in [0.29, 0.717) is 35.9 Å². The fraction of sp³-hybridized carbons (Fsp3) is 0.160. The summed E-state index contributed by atoms with van der Waals surface area (Å²) < 4.78 is 7.62. The molecule has 0 spiro atoms. The van der Waals surface area contributed by atoms with Crippen LogP contribution in [0.3, 0.4) is 0 Å². The van der Waals surface area contributed by atoms with Gasteiger partial charge in [-0.1, -0.05) is 60.1 Å². The molecule has 4 nitrogen and oxygen atoms in total. The van der Waals surface area contributed by atoms with E-state index in [0.717, 1.165) is 16.6 Å². The molecule has 0 radical (unpaired) electrons. The van der Waals surface area contributed by atoms with Crippen LogP contribution in [0.4, 0.5) is 0 Å². The van der Waals surface area contributed by atoms with Crippen LogP contribution < -0.4 is 0 Å². The molecular weight excluding hydrogens is 396 g/mol. The molecule has 2 aromatic heterocycles. The average molecular weight is 419 g/mol. The molecule has 0 atom stereocenters. The Morgan fingerprint density at radius 1 is 1.13 bits per heavy atom. The van der Waals surface area contributed by atoms with Gasteiger partial charge in [-0.15, -0.1) is 6.58 Å². The van der Waals surface area contributed by atoms with Gasteiger partial charge in [0.1, 0.15) is 5.69 Å². The van der Waals surface area contributed by atoms with E-state index in [2.05, 4.69) is 25.6 Å². The second-order valence-corrected chi connectivity index (χ2v) is 7.69. The highest BCUT2D eigenvalue weighted by Gasteiger charge is 2.23. The standard InChI is InChI=1S/C25H23ClN2O2/c1-3-13-27(16-20-10-6-7-11-21(20)26)25(29)23-15-24-22(12-14-30-24)28(23)17-19-9-5-4-8-18(19)2/h3-12,14-15H,1,13,16-17H2,2H3. The summed E-state index contributed by atoms with van der Waals surface area (Å²) in [5.41, 5.74) is 5.42. The number of hydrogen-bond donors (Lipinski definition) is 0. The number of aromatic nitrogens is 1. The monoisotopic (exact) mass is 418 g/mol. The molecular formula is C25H23ClN2O2. The second kappa shape index (κ2) is 8.64. The van der Waals surface area contributed by atoms with Crippen molar-refractivity contribution in [3.8, 4) is 0 Å². The molecule has 0 saturated heterocycles. The number of carbonyl (C=O) groups excluding carboxylic acids is 1. The van der Waals surface area contributed by atoms with Crippen molar-refractivity contribution in [3.63, 3.8) is 0 Å². The quantitative estimate of drug-likeness (QED) is 0.341. The van der Waals surface area contributed by atoms with Crippen molar-refractivity contribution in [1.29, 1.82) is 0 Å². The van der Waals surface area contributed by atoms with Crippen molar-refractivity contribution in [1.82, 2.24) is 9.47 Å². The third-order valence-corrected chi connectivity index (χ3v) is 5.66. The van der Waals surface area contributed by atoms with Crippen LogP contribution in [0.1, 0.15) is 27.2 Å². The van der Waals surface area contributed by atoms with Crippen LogP contribution in [0.15, 0.2) is 84.0 Å². The number of amides is 1. The first kappa shape index (κ1) is 20.0. The number of nitrogens with zero attached hydrogens (tertiary/aromatic N) is 2. The molecule has 0 aliphatic heterocycles. The van der Waals surface area contributed by atoms with Crippen LogP contribution in [-0.4, -0.2) is 21.9 Å². The first-order chi connectivity index (χ1) is 14.6. The van der Waals surface area contributed by atoms with E-state index in [1.807, 2.05) is 53.1 Å². The fourth-order valence-electron chi connectivity index (χ4n) is 3.65. The van der Waals surface area contributed by atoms with E-state index in [-0.39, 0.29) is 5.91 Å². The third kappa shape index (κ3) is 3.91. The topological polar surface area (TPSA) is 38.4 Å². The molecule has 30 heavy (non-hydrogen) atoms. The van der Waals surface area contributed by atoms with Crippen LogP contribution in [0.5, 0.6) is 0 Å². The van der Waals surface area contributed by atoms with E-state index in [4.69, 9.17) is 16.0 Å². The predicted molar refractivity (Wildman–Crippen MR) is 121 cm³/mol. The Kier molecular flexibility index (Phi) is 5.77. The van der Waals surface area contributed by atoms with Crippen molar-refractivity contribution in [2.45, 2.75) is 20.0 Å². The molecule has 0 N–H and O–H groups in total. The van der Waals surface area contributed by atoms with Crippen LogP contribution in [0.25, 0.3) is 11.1 Å². The summed E-state index contributed by atoms with van der Waals surface area (Å²) in [7, 11) is 0. The lowest BCUT2D eigenvalue weighted by Gasteiger charge is -2.23. The maximum absolute atomic E-state index is 13.6. The normalized spacial score (nSPS) is 11.0. The number of rotatable bonds is 7. The lowest BCUT2D eigenvalue weighted by molar-refractivity contribution is 0.0753. The Labute approximate surface area is 181 Å². The van der Waals surface area contributed by atoms with Crippen LogP contribution in [0.2, 0.25) is 5.02 Å². The second-order valence-electron chi connectivity index (χ2n) is 7.28. The molecule has 2 heterocycles. The summed E-state index contributed by atoms with van der Waals surface area (Å²) in [5, 5.41) is 0.642. The first-order valence-electron chi connectivity index (χ1n) is 9.83. The molecule has 0 saturated carbocycles. The molecule has 0 aliphatic rings. The lowest BCUT2D eigenvalue weighted by Crippen LogP contribution is -2.32. The molecule has 2 aromatic carbocycles. The van der Waals surface area contributed by atoms with Crippen LogP contribution in [-0.2, 0) is 13.1 Å². The minimum Gasteiger partial charge on any atom is -0.463 e. The largest absolute Gasteiger partial charge is 0.463 e. The van der Waals surface area contributed by atoms with E-state index in [1.165, 1.54) is 5.56 Å². The smallest absolute Gasteiger partial charge is 0.271 e. The molecule has 5 heteroatoms. The van der Waals surface area contributed by atoms with Gasteiger partial charge in [0.05, 0.1) is 11.8 Å². The molecule has 0 aliphatic carbocycles. The van der Waals surface area contributed by atoms with E-state index in [9.17, 15) is 4.79 Å². The predicted octanol–water partition coefficient (Wildman–Crippen LogP) is 6.07. The lowest BCUT2D eigenvalue weighted by atomic mass is 10.1. The molecule has 4 rings (SSSR count). The Morgan fingerprint density at radius 2 is 1.87 bits per heavy atom. The molecule has 0 fully saturated rings. The zero-order valence-corrected chi connectivity index (χ0v) is 17.6. The van der Waals surface area contributed by atoms with E-state index in [1.54, 1.807) is 17.2 Å². The highest BCUT2D eigenvalue weighted by Crippen LogP contribution is 2.25. The minimum absolute atomic E-state index is 0.0881. The number of aryl methyl sites for hydroxylation is 1. The number of benzene rings is 2. The Morgan fingerprint density at radius 3 is 2.60 bits per heavy atom. The Balaban J connectivity index is 1.72. The van der Waals surface area contributed by atoms with Gasteiger partial charge in [-0.05, 0) is 29.7 Å². The highest BCUT2D eigenvalue weighted by molar-refractivity contribution is 6.31. The van der Waals surface area contributed by atoms with Gasteiger partial charge in [0.15, 0.2) is 5.58 Å². The van der Waals surface area contributed by atoms with Gasteiger partial charge in [0, 0.05) is 36.8 Å². The summed E-state index contributed by atoms with van der Waals surface area (Å²) in [4.78, 5) is 15.3. The number of carbonyl (C=O) groups is 1. The summed E-state index contributed by atoms with van der Waals surface area (Å²) in [6.07, 6.45) is 3.38. The third-order valence-electron chi connectivity index (χ3n) is 5.29. The summed E-state index contributed by atoms with van der Waals surface area (Å²) in [5.74, 6) is -0.0881. The van der Waals surface area contributed by atoms with Crippen molar-refractivity contribution < 1.29 is 9.21 Å². The van der Waals surface area contributed by atoms with Gasteiger partial charge < -0.3 is 13.9 Å². The van der Waals surface area contributed by atoms with Crippen LogP contribution >= 0.6 is 11.6 Å². The Bertz CT molecular complexity index is 1200. The Hall–Kier alpha value is -3.24. The van der Waals surface area contributed by atoms with E-state index < -0.39 is 0 Å². The zero-order valence-electron chi connectivity index (χ0n) is 16.8. The first-order valence-corrected chi connectivity index (χ1v) is 10.2. The van der Waals surface area contributed by atoms with Gasteiger partial charge in [0.2, 0.25) is 0 Å². The summed E-state index contributed by atoms with van der Waals surface area (Å²) in [6.45, 7) is 7.31. The molecule has 1 amide bonds. The zero-order chi connectivity index (χ0) is 21.1. The molecule has 152 valence electrons. The highest BCUT2D eigenvalue weighted by atomic mass is 35.5. The van der Waals surface area contributed by atoms with Crippen molar-refractivity contribution in [2.24, 2.45) is 0 Å². The van der Waals surface area contributed by atoms with Gasteiger partial charge in [0.25, 0.3) is 5.91 Å². The van der Waals surface area contributed by atoms with E-state index >= 15 is 0 Å². The van der Waals surface area contributed by atoms with Gasteiger partial charge in [-0.2, -0.15) is 0 Å². The number of furan rings is 1. The summed E-state index contributed by atoms with van der Waals surface area (Å²) >= 11 is 6.34. The van der Waals surface area contributed by atoms with Crippen molar-refractivity contribution in [2.75, 3.05) is 6.54 Å². The van der Waals surface area contributed by atoms with Gasteiger partial charge in [-0.3, -0.25) is 4.79 Å².